The Morgan fingerprint density at radius 3 is 2.38 bits per heavy atom. The van der Waals surface area contributed by atoms with Crippen molar-refractivity contribution < 1.29 is 19.5 Å². The van der Waals surface area contributed by atoms with Crippen molar-refractivity contribution in [3.05, 3.63) is 35.9 Å². The summed E-state index contributed by atoms with van der Waals surface area (Å²) in [5.41, 5.74) is 1.16. The van der Waals surface area contributed by atoms with Crippen LogP contribution in [0.15, 0.2) is 30.3 Å². The summed E-state index contributed by atoms with van der Waals surface area (Å²) >= 11 is 0. The summed E-state index contributed by atoms with van der Waals surface area (Å²) in [4.78, 5) is 36.8. The number of carbonyl (C=O) groups excluding carboxylic acids is 2. The predicted molar refractivity (Wildman–Crippen MR) is 98.6 cm³/mol. The highest BCUT2D eigenvalue weighted by molar-refractivity contribution is 5.80. The minimum Gasteiger partial charge on any atom is -0.481 e. The van der Waals surface area contributed by atoms with Crippen LogP contribution < -0.4 is 5.32 Å². The van der Waals surface area contributed by atoms with Crippen LogP contribution in [0.2, 0.25) is 0 Å². The summed E-state index contributed by atoms with van der Waals surface area (Å²) in [6, 6.07) is 9.98. The molecule has 26 heavy (non-hydrogen) atoms. The minimum atomic E-state index is -0.805. The molecule has 0 atom stereocenters. The number of nitrogens with one attached hydrogen (secondary N) is 1. The fraction of sp³-hybridized carbons (Fsp3) is 0.550. The van der Waals surface area contributed by atoms with Crippen LogP contribution in [0.5, 0.6) is 0 Å². The van der Waals surface area contributed by atoms with E-state index >= 15 is 0 Å². The summed E-state index contributed by atoms with van der Waals surface area (Å²) < 4.78 is 0. The van der Waals surface area contributed by atoms with E-state index in [1.165, 1.54) is 0 Å². The molecule has 0 aromatic heterocycles. The first kappa shape index (κ1) is 19.9. The van der Waals surface area contributed by atoms with Gasteiger partial charge in [0.25, 0.3) is 0 Å². The van der Waals surface area contributed by atoms with E-state index in [1.807, 2.05) is 35.2 Å². The van der Waals surface area contributed by atoms with Crippen molar-refractivity contribution in [2.45, 2.75) is 44.9 Å². The molecular weight excluding hydrogens is 332 g/mol. The monoisotopic (exact) mass is 360 g/mol. The molecule has 2 rings (SSSR count). The van der Waals surface area contributed by atoms with Gasteiger partial charge in [0.1, 0.15) is 0 Å². The fourth-order valence-electron chi connectivity index (χ4n) is 3.20. The number of aliphatic carboxylic acids is 1. The molecule has 6 nitrogen and oxygen atoms in total. The molecule has 1 aromatic carbocycles. The summed E-state index contributed by atoms with van der Waals surface area (Å²) in [7, 11) is 0. The van der Waals surface area contributed by atoms with E-state index < -0.39 is 5.97 Å². The predicted octanol–water partition coefficient (Wildman–Crippen LogP) is 2.23. The molecule has 0 aliphatic carbocycles. The maximum atomic E-state index is 12.3. The molecule has 1 fully saturated rings. The number of hydrogen-bond acceptors (Lipinski definition) is 3. The number of likely N-dealkylation sites (tertiary alicyclic amines) is 1. The van der Waals surface area contributed by atoms with Gasteiger partial charge >= 0.3 is 5.97 Å². The molecule has 0 radical (unpaired) electrons. The lowest BCUT2D eigenvalue weighted by Crippen LogP contribution is -2.43. The number of rotatable bonds is 9. The molecule has 1 heterocycles. The molecule has 0 unspecified atom stereocenters. The molecule has 0 saturated carbocycles. The minimum absolute atomic E-state index is 0.0247. The number of piperidine rings is 1. The van der Waals surface area contributed by atoms with E-state index in [0.29, 0.717) is 51.7 Å². The smallest absolute Gasteiger partial charge is 0.303 e. The van der Waals surface area contributed by atoms with Crippen molar-refractivity contribution in [3.63, 3.8) is 0 Å². The number of benzene rings is 1. The summed E-state index contributed by atoms with van der Waals surface area (Å²) in [5, 5.41) is 11.5. The van der Waals surface area contributed by atoms with Gasteiger partial charge in [-0.1, -0.05) is 30.3 Å². The highest BCUT2D eigenvalue weighted by Crippen LogP contribution is 2.18. The fourth-order valence-corrected chi connectivity index (χ4v) is 3.20. The molecule has 1 aliphatic heterocycles. The van der Waals surface area contributed by atoms with Gasteiger partial charge in [-0.2, -0.15) is 0 Å². The van der Waals surface area contributed by atoms with Crippen molar-refractivity contribution in [1.82, 2.24) is 10.2 Å². The Balaban J connectivity index is 1.62. The van der Waals surface area contributed by atoms with E-state index in [9.17, 15) is 14.4 Å². The van der Waals surface area contributed by atoms with Gasteiger partial charge in [-0.05, 0) is 37.7 Å². The summed E-state index contributed by atoms with van der Waals surface area (Å²) in [5.74, 6) is -0.675. The van der Waals surface area contributed by atoms with E-state index in [4.69, 9.17) is 5.11 Å². The van der Waals surface area contributed by atoms with E-state index in [2.05, 4.69) is 5.32 Å². The second-order valence-electron chi connectivity index (χ2n) is 6.78. The van der Waals surface area contributed by atoms with Crippen molar-refractivity contribution in [1.29, 1.82) is 0 Å². The van der Waals surface area contributed by atoms with Gasteiger partial charge in [0.2, 0.25) is 11.8 Å². The average molecular weight is 360 g/mol. The van der Waals surface area contributed by atoms with Gasteiger partial charge in [-0.15, -0.1) is 0 Å². The number of carbonyl (C=O) groups is 3. The normalized spacial score (nSPS) is 14.8. The third-order valence-corrected chi connectivity index (χ3v) is 4.81. The molecule has 1 aliphatic rings. The number of unbranched alkanes of at least 4 members (excludes halogenated alkanes) is 1. The zero-order valence-corrected chi connectivity index (χ0v) is 15.2. The van der Waals surface area contributed by atoms with Gasteiger partial charge in [0, 0.05) is 38.4 Å². The second kappa shape index (κ2) is 10.6. The van der Waals surface area contributed by atoms with Crippen LogP contribution in [-0.4, -0.2) is 47.4 Å². The Bertz CT molecular complexity index is 595. The van der Waals surface area contributed by atoms with Crippen LogP contribution in [0.25, 0.3) is 0 Å². The van der Waals surface area contributed by atoms with Crippen molar-refractivity contribution in [3.8, 4) is 0 Å². The maximum absolute atomic E-state index is 12.3. The third kappa shape index (κ3) is 6.86. The van der Waals surface area contributed by atoms with Gasteiger partial charge in [-0.25, -0.2) is 0 Å². The number of hydrogen-bond donors (Lipinski definition) is 2. The number of aryl methyl sites for hydroxylation is 1. The highest BCUT2D eigenvalue weighted by atomic mass is 16.4. The Hall–Kier alpha value is -2.37. The molecule has 6 heteroatoms. The molecular formula is C20H28N2O4. The zero-order chi connectivity index (χ0) is 18.8. The first-order chi connectivity index (χ1) is 12.6. The Morgan fingerprint density at radius 1 is 1.04 bits per heavy atom. The number of amides is 2. The maximum Gasteiger partial charge on any atom is 0.303 e. The van der Waals surface area contributed by atoms with Crippen LogP contribution >= 0.6 is 0 Å². The molecule has 1 saturated heterocycles. The molecule has 2 amide bonds. The average Bonchev–Trinajstić information content (AvgIpc) is 2.66. The largest absolute Gasteiger partial charge is 0.481 e. The van der Waals surface area contributed by atoms with Crippen molar-refractivity contribution in [2.75, 3.05) is 19.6 Å². The zero-order valence-electron chi connectivity index (χ0n) is 15.2. The molecule has 2 N–H and O–H groups in total. The second-order valence-corrected chi connectivity index (χ2v) is 6.78. The quantitative estimate of drug-likeness (QED) is 0.661. The van der Waals surface area contributed by atoms with Gasteiger partial charge in [-0.3, -0.25) is 14.4 Å². The first-order valence-corrected chi connectivity index (χ1v) is 9.37. The first-order valence-electron chi connectivity index (χ1n) is 9.37. The SMILES string of the molecule is O=C(O)CCCCNC(=O)C1CCN(C(=O)CCc2ccccc2)CC1. The van der Waals surface area contributed by atoms with Crippen molar-refractivity contribution >= 4 is 17.8 Å². The Labute approximate surface area is 154 Å². The summed E-state index contributed by atoms with van der Waals surface area (Å²) in [6.45, 7) is 1.78. The number of carboxylic acid groups (broad SMARTS) is 1. The number of nitrogens with zero attached hydrogens (tertiary/aromatic N) is 1. The molecule has 142 valence electrons. The van der Waals surface area contributed by atoms with Crippen molar-refractivity contribution in [2.24, 2.45) is 5.92 Å². The Kier molecular flexibility index (Phi) is 8.12. The van der Waals surface area contributed by atoms with Crippen LogP contribution in [0, 0.1) is 5.92 Å². The topological polar surface area (TPSA) is 86.7 Å². The van der Waals surface area contributed by atoms with Gasteiger partial charge in [0.15, 0.2) is 0 Å². The van der Waals surface area contributed by atoms with Crippen LogP contribution in [0.3, 0.4) is 0 Å². The lowest BCUT2D eigenvalue weighted by Gasteiger charge is -2.31. The van der Waals surface area contributed by atoms with E-state index in [0.717, 1.165) is 12.0 Å². The van der Waals surface area contributed by atoms with Crippen LogP contribution in [0.1, 0.15) is 44.1 Å². The lowest BCUT2D eigenvalue weighted by atomic mass is 9.95. The molecule has 1 aromatic rings. The number of carboxylic acids is 1. The Morgan fingerprint density at radius 2 is 1.73 bits per heavy atom. The van der Waals surface area contributed by atoms with Gasteiger partial charge < -0.3 is 15.3 Å². The molecule has 0 bridgehead atoms. The highest BCUT2D eigenvalue weighted by Gasteiger charge is 2.26. The third-order valence-electron chi connectivity index (χ3n) is 4.81. The summed E-state index contributed by atoms with van der Waals surface area (Å²) in [6.07, 6.45) is 4.02. The van der Waals surface area contributed by atoms with E-state index in [-0.39, 0.29) is 24.2 Å². The van der Waals surface area contributed by atoms with Gasteiger partial charge in [0.05, 0.1) is 0 Å². The van der Waals surface area contributed by atoms with E-state index in [1.54, 1.807) is 0 Å². The lowest BCUT2D eigenvalue weighted by molar-refractivity contribution is -0.137. The molecule has 0 spiro atoms. The van der Waals surface area contributed by atoms with Crippen LogP contribution in [-0.2, 0) is 20.8 Å². The standard InChI is InChI=1S/C20H28N2O4/c23-18(10-9-16-6-2-1-3-7-16)22-14-11-17(12-15-22)20(26)21-13-5-4-8-19(24)25/h1-3,6-7,17H,4-5,8-15H2,(H,21,26)(H,24,25). The van der Waals surface area contributed by atoms with Crippen LogP contribution in [0.4, 0.5) is 0 Å².